The highest BCUT2D eigenvalue weighted by Gasteiger charge is 2.14. The summed E-state index contributed by atoms with van der Waals surface area (Å²) in [7, 11) is 2.18. The van der Waals surface area contributed by atoms with Gasteiger partial charge in [0.15, 0.2) is 11.5 Å². The van der Waals surface area contributed by atoms with E-state index in [9.17, 15) is 0 Å². The van der Waals surface area contributed by atoms with Crippen LogP contribution in [0.25, 0.3) is 27.8 Å². The molecule has 3 aromatic heterocycles. The van der Waals surface area contributed by atoms with Crippen molar-refractivity contribution in [2.45, 2.75) is 0 Å². The smallest absolute Gasteiger partial charge is 0.154 e. The van der Waals surface area contributed by atoms with Crippen molar-refractivity contribution in [3.63, 3.8) is 0 Å². The molecule has 0 unspecified atom stereocenters. The second-order valence-corrected chi connectivity index (χ2v) is 8.37. The number of likely N-dealkylation sites (N-methyl/N-ethyl adjacent to an activating group) is 1. The molecule has 2 aromatic carbocycles. The molecular formula is C25H25N7. The summed E-state index contributed by atoms with van der Waals surface area (Å²) in [6.07, 6.45) is 3.84. The zero-order valence-corrected chi connectivity index (χ0v) is 18.0. The van der Waals surface area contributed by atoms with Crippen molar-refractivity contribution in [2.75, 3.05) is 43.4 Å². The molecule has 5 aromatic rings. The van der Waals surface area contributed by atoms with Crippen LogP contribution in [-0.2, 0) is 0 Å². The van der Waals surface area contributed by atoms with E-state index in [-0.39, 0.29) is 0 Å². The lowest BCUT2D eigenvalue weighted by atomic mass is 10.1. The number of hydrogen-bond acceptors (Lipinski definition) is 5. The van der Waals surface area contributed by atoms with E-state index in [4.69, 9.17) is 5.10 Å². The molecule has 7 nitrogen and oxygen atoms in total. The molecule has 0 radical (unpaired) electrons. The van der Waals surface area contributed by atoms with Gasteiger partial charge in [-0.05, 0) is 61.6 Å². The Morgan fingerprint density at radius 1 is 0.906 bits per heavy atom. The lowest BCUT2D eigenvalue weighted by molar-refractivity contribution is 0.313. The van der Waals surface area contributed by atoms with Gasteiger partial charge in [-0.2, -0.15) is 0 Å². The van der Waals surface area contributed by atoms with E-state index in [0.717, 1.165) is 60.1 Å². The summed E-state index contributed by atoms with van der Waals surface area (Å²) >= 11 is 0. The highest BCUT2D eigenvalue weighted by molar-refractivity contribution is 5.84. The summed E-state index contributed by atoms with van der Waals surface area (Å²) in [4.78, 5) is 12.6. The first-order chi connectivity index (χ1) is 15.7. The largest absolute Gasteiger partial charge is 0.369 e. The number of piperazine rings is 1. The molecule has 1 fully saturated rings. The molecule has 32 heavy (non-hydrogen) atoms. The Morgan fingerprint density at radius 2 is 1.75 bits per heavy atom. The van der Waals surface area contributed by atoms with Crippen LogP contribution in [0.3, 0.4) is 0 Å². The molecule has 0 saturated carbocycles. The normalized spacial score (nSPS) is 15.0. The SMILES string of the molecule is CN1CCN(c2ccc(Nc3ccc4ncc(-c5ccc6[nH]ccc6c5)n4n3)cc2)CC1. The summed E-state index contributed by atoms with van der Waals surface area (Å²) in [5, 5.41) is 9.42. The van der Waals surface area contributed by atoms with E-state index in [2.05, 4.69) is 80.7 Å². The monoisotopic (exact) mass is 423 g/mol. The molecule has 7 heteroatoms. The molecule has 0 amide bonds. The van der Waals surface area contributed by atoms with E-state index < -0.39 is 0 Å². The fourth-order valence-electron chi connectivity index (χ4n) is 4.32. The molecule has 160 valence electrons. The van der Waals surface area contributed by atoms with Crippen LogP contribution in [0.2, 0.25) is 0 Å². The number of aromatic amines is 1. The number of imidazole rings is 1. The molecular weight excluding hydrogens is 398 g/mol. The van der Waals surface area contributed by atoms with Crippen LogP contribution in [0.15, 0.2) is 73.1 Å². The number of nitrogens with one attached hydrogen (secondary N) is 2. The Balaban J connectivity index is 1.25. The molecule has 0 atom stereocenters. The van der Waals surface area contributed by atoms with Crippen molar-refractivity contribution in [1.82, 2.24) is 24.5 Å². The molecule has 6 rings (SSSR count). The molecule has 1 saturated heterocycles. The highest BCUT2D eigenvalue weighted by Crippen LogP contribution is 2.26. The van der Waals surface area contributed by atoms with Gasteiger partial charge in [-0.3, -0.25) is 0 Å². The van der Waals surface area contributed by atoms with Crippen molar-refractivity contribution in [3.05, 3.63) is 73.1 Å². The van der Waals surface area contributed by atoms with Crippen LogP contribution in [0.1, 0.15) is 0 Å². The van der Waals surface area contributed by atoms with E-state index >= 15 is 0 Å². The Labute approximate surface area is 186 Å². The first-order valence-corrected chi connectivity index (χ1v) is 11.0. The number of fused-ring (bicyclic) bond motifs is 2. The highest BCUT2D eigenvalue weighted by atomic mass is 15.3. The lowest BCUT2D eigenvalue weighted by Crippen LogP contribution is -2.44. The van der Waals surface area contributed by atoms with E-state index in [0.29, 0.717) is 0 Å². The number of anilines is 3. The number of rotatable bonds is 4. The van der Waals surface area contributed by atoms with Gasteiger partial charge in [-0.1, -0.05) is 6.07 Å². The summed E-state index contributed by atoms with van der Waals surface area (Å²) < 4.78 is 1.90. The Kier molecular flexibility index (Phi) is 4.54. The Bertz CT molecular complexity index is 1370. The summed E-state index contributed by atoms with van der Waals surface area (Å²) in [5.41, 5.74) is 6.29. The van der Waals surface area contributed by atoms with Crippen LogP contribution in [0, 0.1) is 0 Å². The van der Waals surface area contributed by atoms with Crippen molar-refractivity contribution in [3.8, 4) is 11.3 Å². The van der Waals surface area contributed by atoms with Crippen molar-refractivity contribution in [2.24, 2.45) is 0 Å². The average molecular weight is 424 g/mol. The summed E-state index contributed by atoms with van der Waals surface area (Å²) in [6, 6.07) is 21.0. The predicted octanol–water partition coefficient (Wildman–Crippen LogP) is 4.37. The minimum atomic E-state index is 0.784. The molecule has 0 bridgehead atoms. The van der Waals surface area contributed by atoms with E-state index in [1.54, 1.807) is 0 Å². The van der Waals surface area contributed by atoms with Gasteiger partial charge >= 0.3 is 0 Å². The molecule has 0 spiro atoms. The number of aromatic nitrogens is 4. The minimum absolute atomic E-state index is 0.784. The number of hydrogen-bond donors (Lipinski definition) is 2. The van der Waals surface area contributed by atoms with Crippen LogP contribution < -0.4 is 10.2 Å². The van der Waals surface area contributed by atoms with Gasteiger partial charge in [0.2, 0.25) is 0 Å². The first-order valence-electron chi connectivity index (χ1n) is 11.0. The van der Waals surface area contributed by atoms with Crippen LogP contribution >= 0.6 is 0 Å². The molecule has 0 aliphatic carbocycles. The minimum Gasteiger partial charge on any atom is -0.369 e. The maximum absolute atomic E-state index is 4.81. The fourth-order valence-corrected chi connectivity index (χ4v) is 4.32. The Hall–Kier alpha value is -3.84. The van der Waals surface area contributed by atoms with Crippen molar-refractivity contribution in [1.29, 1.82) is 0 Å². The van der Waals surface area contributed by atoms with Gasteiger partial charge in [0.1, 0.15) is 0 Å². The van der Waals surface area contributed by atoms with Crippen molar-refractivity contribution >= 4 is 33.7 Å². The summed E-state index contributed by atoms with van der Waals surface area (Å²) in [5.74, 6) is 0.784. The molecule has 4 heterocycles. The second kappa shape index (κ2) is 7.69. The maximum atomic E-state index is 4.81. The number of benzene rings is 2. The predicted molar refractivity (Wildman–Crippen MR) is 130 cm³/mol. The van der Waals surface area contributed by atoms with Crippen LogP contribution in [-0.4, -0.2) is 57.7 Å². The Morgan fingerprint density at radius 3 is 2.59 bits per heavy atom. The van der Waals surface area contributed by atoms with Gasteiger partial charge < -0.3 is 20.1 Å². The van der Waals surface area contributed by atoms with Crippen molar-refractivity contribution < 1.29 is 0 Å². The third kappa shape index (κ3) is 3.46. The third-order valence-electron chi connectivity index (χ3n) is 6.22. The van der Waals surface area contributed by atoms with Crippen LogP contribution in [0.5, 0.6) is 0 Å². The molecule has 1 aliphatic heterocycles. The van der Waals surface area contributed by atoms with Gasteiger partial charge in [0.05, 0.1) is 11.9 Å². The van der Waals surface area contributed by atoms with Crippen LogP contribution in [0.4, 0.5) is 17.2 Å². The zero-order chi connectivity index (χ0) is 21.5. The molecule has 2 N–H and O–H groups in total. The molecule has 1 aliphatic rings. The maximum Gasteiger partial charge on any atom is 0.154 e. The van der Waals surface area contributed by atoms with Gasteiger partial charge in [-0.25, -0.2) is 9.50 Å². The topological polar surface area (TPSA) is 64.5 Å². The van der Waals surface area contributed by atoms with E-state index in [1.165, 1.54) is 11.1 Å². The quantitative estimate of drug-likeness (QED) is 0.449. The first kappa shape index (κ1) is 18.9. The third-order valence-corrected chi connectivity index (χ3v) is 6.22. The van der Waals surface area contributed by atoms with Gasteiger partial charge in [0, 0.05) is 60.2 Å². The standard InChI is InChI=1S/C25H25N7/c1-30-12-14-31(15-13-30)21-5-3-20(4-6-21)28-24-8-9-25-27-17-23(32(25)29-24)19-2-7-22-18(16-19)10-11-26-22/h2-11,16-17,26H,12-15H2,1H3,(H,28,29). The average Bonchev–Trinajstić information content (AvgIpc) is 3.46. The van der Waals surface area contributed by atoms with Gasteiger partial charge in [0.25, 0.3) is 0 Å². The fraction of sp³-hybridized carbons (Fsp3) is 0.200. The van der Waals surface area contributed by atoms with Gasteiger partial charge in [-0.15, -0.1) is 5.10 Å². The zero-order valence-electron chi connectivity index (χ0n) is 18.0. The lowest BCUT2D eigenvalue weighted by Gasteiger charge is -2.34. The number of nitrogens with zero attached hydrogens (tertiary/aromatic N) is 5. The number of H-pyrrole nitrogens is 1. The summed E-state index contributed by atoms with van der Waals surface area (Å²) in [6.45, 7) is 4.35. The second-order valence-electron chi connectivity index (χ2n) is 8.37. The van der Waals surface area contributed by atoms with E-state index in [1.807, 2.05) is 29.0 Å².